The van der Waals surface area contributed by atoms with Gasteiger partial charge in [-0.25, -0.2) is 8.42 Å². The second-order valence-corrected chi connectivity index (χ2v) is 10.6. The number of hydrogen-bond donors (Lipinski definition) is 1. The number of ether oxygens (including phenoxy) is 1. The zero-order valence-corrected chi connectivity index (χ0v) is 19.7. The van der Waals surface area contributed by atoms with Gasteiger partial charge in [0.1, 0.15) is 5.75 Å². The van der Waals surface area contributed by atoms with Crippen LogP contribution in [0.4, 0.5) is 11.4 Å². The molecule has 9 heteroatoms. The molecule has 0 aliphatic carbocycles. The van der Waals surface area contributed by atoms with Crippen LogP contribution >= 0.6 is 15.9 Å². The van der Waals surface area contributed by atoms with Gasteiger partial charge in [-0.2, -0.15) is 4.31 Å². The van der Waals surface area contributed by atoms with Gasteiger partial charge in [-0.3, -0.25) is 4.79 Å². The van der Waals surface area contributed by atoms with Gasteiger partial charge in [-0.1, -0.05) is 28.1 Å². The summed E-state index contributed by atoms with van der Waals surface area (Å²) < 4.78 is 31.8. The Morgan fingerprint density at radius 2 is 1.63 bits per heavy atom. The first-order valence-corrected chi connectivity index (χ1v) is 12.3. The molecule has 1 heterocycles. The van der Waals surface area contributed by atoms with E-state index in [2.05, 4.69) is 26.1 Å². The summed E-state index contributed by atoms with van der Waals surface area (Å²) in [6.07, 6.45) is 1.23. The summed E-state index contributed by atoms with van der Waals surface area (Å²) in [5, 5.41) is 2.97. The Hall–Kier alpha value is -2.10. The number of carbonyl (C=O) groups excluding carboxylic acids is 1. The Morgan fingerprint density at radius 3 is 2.23 bits per heavy atom. The van der Waals surface area contributed by atoms with E-state index in [1.165, 1.54) is 10.6 Å². The second-order valence-electron chi connectivity index (χ2n) is 7.69. The van der Waals surface area contributed by atoms with Crippen LogP contribution in [0.2, 0.25) is 0 Å². The van der Waals surface area contributed by atoms with E-state index in [0.717, 1.165) is 10.2 Å². The Labute approximate surface area is 186 Å². The molecule has 30 heavy (non-hydrogen) atoms. The fraction of sp³-hybridized carbons (Fsp3) is 0.381. The first-order valence-electron chi connectivity index (χ1n) is 9.61. The molecule has 0 saturated carbocycles. The van der Waals surface area contributed by atoms with Crippen molar-refractivity contribution in [2.24, 2.45) is 0 Å². The SMILES string of the molecule is CC(C)(Oc1ccc(Br)cc1)C(=O)Nc1ccccc1N1CCN(S(C)(=O)=O)CC1. The summed E-state index contributed by atoms with van der Waals surface area (Å²) in [6.45, 7) is 5.38. The maximum atomic E-state index is 13.0. The van der Waals surface area contributed by atoms with Gasteiger partial charge in [0.2, 0.25) is 10.0 Å². The topological polar surface area (TPSA) is 79.0 Å². The number of halogens is 1. The zero-order valence-electron chi connectivity index (χ0n) is 17.3. The van der Waals surface area contributed by atoms with Gasteiger partial charge < -0.3 is 15.0 Å². The van der Waals surface area contributed by atoms with Crippen LogP contribution in [-0.4, -0.2) is 56.7 Å². The molecule has 1 aliphatic rings. The van der Waals surface area contributed by atoms with Crippen LogP contribution in [0.3, 0.4) is 0 Å². The third kappa shape index (κ3) is 5.53. The van der Waals surface area contributed by atoms with Gasteiger partial charge in [0.15, 0.2) is 5.60 Å². The van der Waals surface area contributed by atoms with Crippen molar-refractivity contribution in [2.75, 3.05) is 42.7 Å². The van der Waals surface area contributed by atoms with Crippen LogP contribution in [-0.2, 0) is 14.8 Å². The second kappa shape index (κ2) is 8.95. The number of carbonyl (C=O) groups is 1. The molecule has 1 aliphatic heterocycles. The van der Waals surface area contributed by atoms with Crippen molar-refractivity contribution in [3.8, 4) is 5.75 Å². The zero-order chi connectivity index (χ0) is 21.9. The van der Waals surface area contributed by atoms with Crippen LogP contribution in [0.15, 0.2) is 53.0 Å². The summed E-state index contributed by atoms with van der Waals surface area (Å²) in [5.41, 5.74) is 0.442. The third-order valence-electron chi connectivity index (χ3n) is 4.93. The summed E-state index contributed by atoms with van der Waals surface area (Å²) in [5.74, 6) is 0.330. The number of nitrogens with zero attached hydrogens (tertiary/aromatic N) is 2. The lowest BCUT2D eigenvalue weighted by atomic mass is 10.1. The highest BCUT2D eigenvalue weighted by Crippen LogP contribution is 2.29. The average Bonchev–Trinajstić information content (AvgIpc) is 2.69. The molecule has 1 amide bonds. The summed E-state index contributed by atoms with van der Waals surface area (Å²) >= 11 is 3.38. The van der Waals surface area contributed by atoms with E-state index in [1.54, 1.807) is 26.0 Å². The standard InChI is InChI=1S/C21H26BrN3O4S/c1-21(2,29-17-10-8-16(22)9-11-17)20(26)23-18-6-4-5-7-19(18)24-12-14-25(15-13-24)30(3,27)28/h4-11H,12-15H2,1-3H3,(H,23,26). The lowest BCUT2D eigenvalue weighted by Gasteiger charge is -2.36. The first-order chi connectivity index (χ1) is 14.1. The molecule has 0 spiro atoms. The lowest BCUT2D eigenvalue weighted by molar-refractivity contribution is -0.128. The molecule has 0 unspecified atom stereocenters. The van der Waals surface area contributed by atoms with Crippen molar-refractivity contribution in [3.63, 3.8) is 0 Å². The van der Waals surface area contributed by atoms with Crippen LogP contribution < -0.4 is 15.0 Å². The van der Waals surface area contributed by atoms with E-state index in [0.29, 0.717) is 37.6 Å². The maximum absolute atomic E-state index is 13.0. The molecule has 1 fully saturated rings. The minimum Gasteiger partial charge on any atom is -0.478 e. The quantitative estimate of drug-likeness (QED) is 0.664. The molecule has 2 aromatic carbocycles. The number of sulfonamides is 1. The number of anilines is 2. The van der Waals surface area contributed by atoms with Gasteiger partial charge >= 0.3 is 0 Å². The highest BCUT2D eigenvalue weighted by atomic mass is 79.9. The Kier molecular flexibility index (Phi) is 6.74. The van der Waals surface area contributed by atoms with Crippen molar-refractivity contribution in [3.05, 3.63) is 53.0 Å². The van der Waals surface area contributed by atoms with Crippen molar-refractivity contribution in [1.29, 1.82) is 0 Å². The molecule has 0 bridgehead atoms. The average molecular weight is 496 g/mol. The minimum absolute atomic E-state index is 0.271. The number of amides is 1. The Morgan fingerprint density at radius 1 is 1.03 bits per heavy atom. The van der Waals surface area contributed by atoms with E-state index < -0.39 is 15.6 Å². The number of nitrogens with one attached hydrogen (secondary N) is 1. The maximum Gasteiger partial charge on any atom is 0.268 e. The molecule has 7 nitrogen and oxygen atoms in total. The highest BCUT2D eigenvalue weighted by molar-refractivity contribution is 9.10. The minimum atomic E-state index is -3.20. The number of piperazine rings is 1. The molecule has 0 aromatic heterocycles. The van der Waals surface area contributed by atoms with E-state index in [4.69, 9.17) is 4.74 Å². The van der Waals surface area contributed by atoms with Gasteiger partial charge in [0, 0.05) is 30.7 Å². The molecular formula is C21H26BrN3O4S. The van der Waals surface area contributed by atoms with E-state index >= 15 is 0 Å². The van der Waals surface area contributed by atoms with Gasteiger partial charge in [-0.05, 0) is 50.2 Å². The summed E-state index contributed by atoms with van der Waals surface area (Å²) in [4.78, 5) is 15.1. The third-order valence-corrected chi connectivity index (χ3v) is 6.77. The summed E-state index contributed by atoms with van der Waals surface area (Å²) in [7, 11) is -3.20. The summed E-state index contributed by atoms with van der Waals surface area (Å²) in [6, 6.07) is 14.8. The highest BCUT2D eigenvalue weighted by Gasteiger charge is 2.31. The number of hydrogen-bond acceptors (Lipinski definition) is 5. The number of benzene rings is 2. The van der Waals surface area contributed by atoms with Crippen LogP contribution in [0, 0.1) is 0 Å². The van der Waals surface area contributed by atoms with E-state index in [1.807, 2.05) is 36.4 Å². The van der Waals surface area contributed by atoms with Crippen LogP contribution in [0.1, 0.15) is 13.8 Å². The molecule has 3 rings (SSSR count). The molecule has 1 N–H and O–H groups in total. The molecular weight excluding hydrogens is 470 g/mol. The number of rotatable bonds is 6. The fourth-order valence-corrected chi connectivity index (χ4v) is 4.32. The normalized spacial score (nSPS) is 15.7. The van der Waals surface area contributed by atoms with Crippen molar-refractivity contribution in [1.82, 2.24) is 4.31 Å². The smallest absolute Gasteiger partial charge is 0.268 e. The monoisotopic (exact) mass is 495 g/mol. The first kappa shape index (κ1) is 22.6. The molecule has 0 atom stereocenters. The Bertz CT molecular complexity index is 1000. The van der Waals surface area contributed by atoms with Crippen molar-refractivity contribution >= 4 is 43.2 Å². The molecule has 0 radical (unpaired) electrons. The predicted octanol–water partition coefficient (Wildman–Crippen LogP) is 3.33. The van der Waals surface area contributed by atoms with Gasteiger partial charge in [-0.15, -0.1) is 0 Å². The van der Waals surface area contributed by atoms with Gasteiger partial charge in [0.25, 0.3) is 5.91 Å². The predicted molar refractivity (Wildman–Crippen MR) is 123 cm³/mol. The molecule has 1 saturated heterocycles. The molecule has 2 aromatic rings. The fourth-order valence-electron chi connectivity index (χ4n) is 3.23. The van der Waals surface area contributed by atoms with E-state index in [9.17, 15) is 13.2 Å². The van der Waals surface area contributed by atoms with E-state index in [-0.39, 0.29) is 5.91 Å². The largest absolute Gasteiger partial charge is 0.478 e. The lowest BCUT2D eigenvalue weighted by Crippen LogP contribution is -2.48. The number of para-hydroxylation sites is 2. The Balaban J connectivity index is 1.71. The molecule has 162 valence electrons. The van der Waals surface area contributed by atoms with Crippen molar-refractivity contribution in [2.45, 2.75) is 19.4 Å². The van der Waals surface area contributed by atoms with Crippen molar-refractivity contribution < 1.29 is 17.9 Å². The van der Waals surface area contributed by atoms with Crippen LogP contribution in [0.25, 0.3) is 0 Å². The van der Waals surface area contributed by atoms with Gasteiger partial charge in [0.05, 0.1) is 17.6 Å². The van der Waals surface area contributed by atoms with Crippen LogP contribution in [0.5, 0.6) is 5.75 Å².